The first kappa shape index (κ1) is 17.3. The van der Waals surface area contributed by atoms with Gasteiger partial charge in [0.2, 0.25) is 0 Å². The molecule has 5 heteroatoms. The van der Waals surface area contributed by atoms with Crippen molar-refractivity contribution >= 4 is 10.9 Å². The van der Waals surface area contributed by atoms with E-state index in [4.69, 9.17) is 9.47 Å². The molecular formula is C19H28N2O3. The highest BCUT2D eigenvalue weighted by atomic mass is 16.5. The fourth-order valence-electron chi connectivity index (χ4n) is 3.59. The van der Waals surface area contributed by atoms with Crippen LogP contribution in [-0.2, 0) is 4.74 Å². The van der Waals surface area contributed by atoms with Gasteiger partial charge in [-0.2, -0.15) is 0 Å². The zero-order chi connectivity index (χ0) is 17.4. The van der Waals surface area contributed by atoms with Gasteiger partial charge in [0.1, 0.15) is 18.5 Å². The molecule has 1 fully saturated rings. The number of nitrogens with one attached hydrogen (secondary N) is 2. The van der Waals surface area contributed by atoms with Crippen LogP contribution in [0.25, 0.3) is 10.9 Å². The van der Waals surface area contributed by atoms with Gasteiger partial charge < -0.3 is 24.9 Å². The first-order chi connectivity index (χ1) is 11.3. The third kappa shape index (κ3) is 3.74. The van der Waals surface area contributed by atoms with Gasteiger partial charge in [0, 0.05) is 29.7 Å². The Morgan fingerprint density at radius 1 is 1.33 bits per heavy atom. The monoisotopic (exact) mass is 332 g/mol. The Hall–Kier alpha value is -1.56. The number of hydrogen-bond donors (Lipinski definition) is 3. The average Bonchev–Trinajstić information content (AvgIpc) is 3.04. The van der Waals surface area contributed by atoms with E-state index in [0.717, 1.165) is 23.1 Å². The maximum Gasteiger partial charge on any atom is 0.128 e. The third-order valence-corrected chi connectivity index (χ3v) is 4.66. The minimum atomic E-state index is -0.571. The number of H-pyrrole nitrogens is 1. The molecule has 5 nitrogen and oxygen atoms in total. The molecule has 1 aliphatic heterocycles. The summed E-state index contributed by atoms with van der Waals surface area (Å²) >= 11 is 0. The Morgan fingerprint density at radius 3 is 2.83 bits per heavy atom. The lowest BCUT2D eigenvalue weighted by Gasteiger charge is -2.28. The lowest BCUT2D eigenvalue weighted by atomic mass is 9.94. The normalized spacial score (nSPS) is 23.5. The first-order valence-corrected chi connectivity index (χ1v) is 8.57. The number of fused-ring (bicyclic) bond motifs is 1. The lowest BCUT2D eigenvalue weighted by Crippen LogP contribution is -2.46. The van der Waals surface area contributed by atoms with E-state index in [2.05, 4.69) is 38.0 Å². The van der Waals surface area contributed by atoms with Crippen molar-refractivity contribution in [1.29, 1.82) is 0 Å². The molecule has 1 saturated heterocycles. The molecular weight excluding hydrogens is 304 g/mol. The highest BCUT2D eigenvalue weighted by Crippen LogP contribution is 2.37. The summed E-state index contributed by atoms with van der Waals surface area (Å²) in [6, 6.07) is 8.07. The van der Waals surface area contributed by atoms with Gasteiger partial charge in [0.25, 0.3) is 0 Å². The van der Waals surface area contributed by atoms with Crippen LogP contribution in [0.1, 0.15) is 34.1 Å². The van der Waals surface area contributed by atoms with Crippen molar-refractivity contribution in [2.75, 3.05) is 13.2 Å². The molecule has 0 aliphatic carbocycles. The Balaban J connectivity index is 1.51. The summed E-state index contributed by atoms with van der Waals surface area (Å²) in [4.78, 5) is 3.16. The number of benzene rings is 1. The van der Waals surface area contributed by atoms with Crippen LogP contribution in [0.15, 0.2) is 30.5 Å². The third-order valence-electron chi connectivity index (χ3n) is 4.66. The second kappa shape index (κ2) is 6.39. The molecule has 24 heavy (non-hydrogen) atoms. The summed E-state index contributed by atoms with van der Waals surface area (Å²) < 4.78 is 11.9. The second-order valence-electron chi connectivity index (χ2n) is 7.79. The van der Waals surface area contributed by atoms with Crippen molar-refractivity contribution in [3.05, 3.63) is 30.5 Å². The Kier molecular flexibility index (Phi) is 4.60. The van der Waals surface area contributed by atoms with Gasteiger partial charge in [-0.15, -0.1) is 0 Å². The van der Waals surface area contributed by atoms with Gasteiger partial charge in [-0.1, -0.05) is 6.07 Å². The largest absolute Gasteiger partial charge is 0.490 e. The number of hydrogen-bond acceptors (Lipinski definition) is 4. The van der Waals surface area contributed by atoms with E-state index in [-0.39, 0.29) is 23.9 Å². The average molecular weight is 332 g/mol. The van der Waals surface area contributed by atoms with Crippen LogP contribution in [0.5, 0.6) is 5.75 Å². The number of ether oxygens (including phenoxy) is 2. The van der Waals surface area contributed by atoms with Crippen molar-refractivity contribution in [3.8, 4) is 5.75 Å². The van der Waals surface area contributed by atoms with Crippen LogP contribution < -0.4 is 10.1 Å². The molecule has 0 bridgehead atoms. The van der Waals surface area contributed by atoms with Gasteiger partial charge >= 0.3 is 0 Å². The molecule has 0 radical (unpaired) electrons. The van der Waals surface area contributed by atoms with Crippen LogP contribution >= 0.6 is 0 Å². The number of aromatic amines is 1. The molecule has 132 valence electrons. The summed E-state index contributed by atoms with van der Waals surface area (Å²) in [6.45, 7) is 9.14. The minimum absolute atomic E-state index is 0.132. The Bertz CT molecular complexity index is 693. The van der Waals surface area contributed by atoms with Gasteiger partial charge in [0.15, 0.2) is 0 Å². The van der Waals surface area contributed by atoms with E-state index >= 15 is 0 Å². The standard InChI is InChI=1S/C19H28N2O3/c1-18(2)10-17(19(3,4)24-18)21-11-13(22)12-23-16-7-5-6-15-14(16)8-9-20-15/h5-9,13,17,20-22H,10-12H2,1-4H3/t13-,17+/m0/s1. The highest BCUT2D eigenvalue weighted by Gasteiger charge is 2.45. The SMILES string of the molecule is CC1(C)C[C@@H](NC[C@H](O)COc2cccc3[nH]ccc23)C(C)(C)O1. The molecule has 1 aromatic heterocycles. The number of rotatable bonds is 6. The molecule has 0 saturated carbocycles. The van der Waals surface area contributed by atoms with Gasteiger partial charge in [-0.05, 0) is 52.3 Å². The van der Waals surface area contributed by atoms with Crippen molar-refractivity contribution in [2.45, 2.75) is 57.5 Å². The number of aromatic nitrogens is 1. The van der Waals surface area contributed by atoms with Crippen molar-refractivity contribution in [1.82, 2.24) is 10.3 Å². The second-order valence-corrected chi connectivity index (χ2v) is 7.79. The van der Waals surface area contributed by atoms with Crippen LogP contribution in [0.4, 0.5) is 0 Å². The van der Waals surface area contributed by atoms with Gasteiger partial charge in [0.05, 0.1) is 11.2 Å². The maximum absolute atomic E-state index is 10.3. The van der Waals surface area contributed by atoms with E-state index in [1.54, 1.807) is 0 Å². The minimum Gasteiger partial charge on any atom is -0.490 e. The summed E-state index contributed by atoms with van der Waals surface area (Å²) in [7, 11) is 0. The molecule has 2 aromatic rings. The van der Waals surface area contributed by atoms with Crippen molar-refractivity contribution in [2.24, 2.45) is 0 Å². The van der Waals surface area contributed by atoms with Crippen LogP contribution in [-0.4, -0.2) is 46.6 Å². The topological polar surface area (TPSA) is 66.5 Å². The quantitative estimate of drug-likeness (QED) is 0.761. The van der Waals surface area contributed by atoms with Crippen LogP contribution in [0, 0.1) is 0 Å². The van der Waals surface area contributed by atoms with E-state index in [9.17, 15) is 5.11 Å². The molecule has 3 rings (SSSR count). The fourth-order valence-corrected chi connectivity index (χ4v) is 3.59. The predicted molar refractivity (Wildman–Crippen MR) is 95.5 cm³/mol. The summed E-state index contributed by atoms with van der Waals surface area (Å²) in [5, 5.41) is 14.7. The summed E-state index contributed by atoms with van der Waals surface area (Å²) in [6.07, 6.45) is 2.24. The smallest absolute Gasteiger partial charge is 0.128 e. The maximum atomic E-state index is 10.3. The number of aliphatic hydroxyl groups is 1. The summed E-state index contributed by atoms with van der Waals surface area (Å²) in [5.41, 5.74) is 0.667. The van der Waals surface area contributed by atoms with Crippen LogP contribution in [0.3, 0.4) is 0 Å². The molecule has 2 atom stereocenters. The molecule has 1 aromatic carbocycles. The van der Waals surface area contributed by atoms with E-state index in [0.29, 0.717) is 6.54 Å². The molecule has 2 heterocycles. The molecule has 0 spiro atoms. The predicted octanol–water partition coefficient (Wildman–Crippen LogP) is 2.84. The molecule has 0 amide bonds. The lowest BCUT2D eigenvalue weighted by molar-refractivity contribution is -0.0703. The Morgan fingerprint density at radius 2 is 2.12 bits per heavy atom. The molecule has 1 aliphatic rings. The molecule has 0 unspecified atom stereocenters. The van der Waals surface area contributed by atoms with E-state index < -0.39 is 6.10 Å². The number of aliphatic hydroxyl groups excluding tert-OH is 1. The zero-order valence-electron chi connectivity index (χ0n) is 14.9. The van der Waals surface area contributed by atoms with Crippen molar-refractivity contribution in [3.63, 3.8) is 0 Å². The van der Waals surface area contributed by atoms with Crippen molar-refractivity contribution < 1.29 is 14.6 Å². The summed E-state index contributed by atoms with van der Waals surface area (Å²) in [5.74, 6) is 0.790. The van der Waals surface area contributed by atoms with E-state index in [1.807, 2.05) is 30.5 Å². The fraction of sp³-hybridized carbons (Fsp3) is 0.579. The Labute approximate surface area is 143 Å². The molecule has 3 N–H and O–H groups in total. The first-order valence-electron chi connectivity index (χ1n) is 8.57. The van der Waals surface area contributed by atoms with E-state index in [1.165, 1.54) is 0 Å². The van der Waals surface area contributed by atoms with Gasteiger partial charge in [-0.25, -0.2) is 0 Å². The highest BCUT2D eigenvalue weighted by molar-refractivity contribution is 5.85. The van der Waals surface area contributed by atoms with Crippen LogP contribution in [0.2, 0.25) is 0 Å². The van der Waals surface area contributed by atoms with Gasteiger partial charge in [-0.3, -0.25) is 0 Å². The zero-order valence-corrected chi connectivity index (χ0v) is 14.9.